The number of ether oxygens (including phenoxy) is 1. The monoisotopic (exact) mass is 317 g/mol. The van der Waals surface area contributed by atoms with Crippen molar-refractivity contribution >= 4 is 11.7 Å². The highest BCUT2D eigenvalue weighted by atomic mass is 16.5. The number of aromatic nitrogens is 2. The van der Waals surface area contributed by atoms with Crippen LogP contribution in [0.3, 0.4) is 0 Å². The molecule has 3 atom stereocenters. The van der Waals surface area contributed by atoms with Crippen LogP contribution in [0.5, 0.6) is 0 Å². The summed E-state index contributed by atoms with van der Waals surface area (Å²) in [6.07, 6.45) is -1.91. The lowest BCUT2D eigenvalue weighted by molar-refractivity contribution is -0.0211. The van der Waals surface area contributed by atoms with Gasteiger partial charge in [-0.3, -0.25) is 9.36 Å². The molecular formula is C15H15N3O5. The molecule has 1 aliphatic rings. The third-order valence-electron chi connectivity index (χ3n) is 3.51. The normalized spacial score (nSPS) is 23.7. The van der Waals surface area contributed by atoms with Crippen molar-refractivity contribution in [3.05, 3.63) is 58.6 Å². The molecule has 8 nitrogen and oxygen atoms in total. The summed E-state index contributed by atoms with van der Waals surface area (Å²) in [6, 6.07) is 9.94. The van der Waals surface area contributed by atoms with E-state index in [1.54, 1.807) is 30.3 Å². The van der Waals surface area contributed by atoms with E-state index in [1.807, 2.05) is 0 Å². The van der Waals surface area contributed by atoms with Gasteiger partial charge in [0, 0.05) is 11.8 Å². The molecule has 2 aromatic rings. The number of aliphatic hydroxyl groups excluding tert-OH is 2. The quantitative estimate of drug-likeness (QED) is 0.719. The zero-order valence-electron chi connectivity index (χ0n) is 12.0. The van der Waals surface area contributed by atoms with Crippen LogP contribution in [-0.4, -0.2) is 44.5 Å². The van der Waals surface area contributed by atoms with Gasteiger partial charge in [-0.2, -0.15) is 4.98 Å². The molecule has 1 aliphatic heterocycles. The first-order valence-electron chi connectivity index (χ1n) is 6.99. The molecule has 23 heavy (non-hydrogen) atoms. The molecule has 0 saturated carbocycles. The summed E-state index contributed by atoms with van der Waals surface area (Å²) in [6.45, 7) is -0.0647. The number of benzene rings is 1. The van der Waals surface area contributed by atoms with Crippen LogP contribution in [0, 0.1) is 0 Å². The van der Waals surface area contributed by atoms with Gasteiger partial charge >= 0.3 is 5.69 Å². The summed E-state index contributed by atoms with van der Waals surface area (Å²) in [5, 5.41) is 21.7. The van der Waals surface area contributed by atoms with E-state index in [0.717, 1.165) is 4.57 Å². The standard InChI is InChI=1S/C15H15N3O5/c19-10-8-23-14(12(10)20)18-7-6-11(17-15(18)22)16-13(21)9-4-2-1-3-5-9/h1-7,10,12,14,19-20H,8H2,(H,16,17,21,22)/t10-,12+,14+/m0/s1. The predicted molar refractivity (Wildman–Crippen MR) is 79.9 cm³/mol. The molecule has 1 aromatic heterocycles. The zero-order valence-corrected chi connectivity index (χ0v) is 12.0. The average Bonchev–Trinajstić information content (AvgIpc) is 2.88. The molecule has 0 radical (unpaired) electrons. The summed E-state index contributed by atoms with van der Waals surface area (Å²) in [7, 11) is 0. The fraction of sp³-hybridized carbons (Fsp3) is 0.267. The van der Waals surface area contributed by atoms with Crippen LogP contribution in [0.2, 0.25) is 0 Å². The van der Waals surface area contributed by atoms with Crippen LogP contribution in [0.15, 0.2) is 47.4 Å². The highest BCUT2D eigenvalue weighted by Gasteiger charge is 2.36. The lowest BCUT2D eigenvalue weighted by Gasteiger charge is -2.17. The second-order valence-electron chi connectivity index (χ2n) is 5.10. The van der Waals surface area contributed by atoms with Crippen LogP contribution in [0.1, 0.15) is 16.6 Å². The Hall–Kier alpha value is -2.55. The topological polar surface area (TPSA) is 114 Å². The second-order valence-corrected chi connectivity index (χ2v) is 5.10. The van der Waals surface area contributed by atoms with Crippen molar-refractivity contribution in [2.24, 2.45) is 0 Å². The minimum absolute atomic E-state index is 0.0647. The van der Waals surface area contributed by atoms with Gasteiger partial charge in [-0.05, 0) is 18.2 Å². The van der Waals surface area contributed by atoms with Gasteiger partial charge in [0.1, 0.15) is 18.0 Å². The lowest BCUT2D eigenvalue weighted by Crippen LogP contribution is -2.35. The average molecular weight is 317 g/mol. The molecule has 0 spiro atoms. The van der Waals surface area contributed by atoms with E-state index in [2.05, 4.69) is 10.3 Å². The summed E-state index contributed by atoms with van der Waals surface area (Å²) < 4.78 is 6.24. The van der Waals surface area contributed by atoms with Gasteiger partial charge in [-0.15, -0.1) is 0 Å². The molecule has 3 rings (SSSR count). The number of nitrogens with one attached hydrogen (secondary N) is 1. The van der Waals surface area contributed by atoms with Gasteiger partial charge in [0.15, 0.2) is 6.23 Å². The van der Waals surface area contributed by atoms with Crippen LogP contribution < -0.4 is 11.0 Å². The van der Waals surface area contributed by atoms with Gasteiger partial charge in [0.2, 0.25) is 0 Å². The maximum atomic E-state index is 12.0. The minimum Gasteiger partial charge on any atom is -0.388 e. The third kappa shape index (κ3) is 3.14. The van der Waals surface area contributed by atoms with E-state index in [4.69, 9.17) is 4.74 Å². The molecular weight excluding hydrogens is 302 g/mol. The Bertz CT molecular complexity index is 761. The summed E-state index contributed by atoms with van der Waals surface area (Å²) in [5.74, 6) is -0.295. The third-order valence-corrected chi connectivity index (χ3v) is 3.51. The fourth-order valence-corrected chi connectivity index (χ4v) is 2.28. The Balaban J connectivity index is 1.78. The lowest BCUT2D eigenvalue weighted by atomic mass is 10.2. The van der Waals surface area contributed by atoms with Gasteiger partial charge in [0.25, 0.3) is 5.91 Å². The second kappa shape index (κ2) is 6.29. The van der Waals surface area contributed by atoms with E-state index >= 15 is 0 Å². The Labute approximate surface area is 131 Å². The Morgan fingerprint density at radius 3 is 2.61 bits per heavy atom. The molecule has 2 heterocycles. The first-order chi connectivity index (χ1) is 11.1. The number of hydrogen-bond acceptors (Lipinski definition) is 6. The molecule has 1 amide bonds. The molecule has 1 fully saturated rings. The fourth-order valence-electron chi connectivity index (χ4n) is 2.28. The Morgan fingerprint density at radius 1 is 1.26 bits per heavy atom. The largest absolute Gasteiger partial charge is 0.388 e. The Morgan fingerprint density at radius 2 is 2.00 bits per heavy atom. The van der Waals surface area contributed by atoms with Gasteiger partial charge < -0.3 is 20.3 Å². The van der Waals surface area contributed by atoms with Gasteiger partial charge in [-0.1, -0.05) is 18.2 Å². The van der Waals surface area contributed by atoms with Crippen LogP contribution in [0.25, 0.3) is 0 Å². The van der Waals surface area contributed by atoms with Crippen molar-refractivity contribution in [2.75, 3.05) is 11.9 Å². The van der Waals surface area contributed by atoms with E-state index in [-0.39, 0.29) is 18.3 Å². The van der Waals surface area contributed by atoms with Gasteiger partial charge in [0.05, 0.1) is 6.61 Å². The molecule has 1 aromatic carbocycles. The van der Waals surface area contributed by atoms with Crippen molar-refractivity contribution in [2.45, 2.75) is 18.4 Å². The predicted octanol–water partition coefficient (Wildman–Crippen LogP) is -0.254. The summed E-state index contributed by atoms with van der Waals surface area (Å²) >= 11 is 0. The zero-order chi connectivity index (χ0) is 16.4. The SMILES string of the molecule is O=C(Nc1ccn([C@@H]2OC[C@H](O)[C@H]2O)c(=O)n1)c1ccccc1. The van der Waals surface area contributed by atoms with Crippen molar-refractivity contribution in [1.29, 1.82) is 0 Å². The number of nitrogens with zero attached hydrogens (tertiary/aromatic N) is 2. The van der Waals surface area contributed by atoms with Crippen molar-refractivity contribution in [1.82, 2.24) is 9.55 Å². The van der Waals surface area contributed by atoms with E-state index in [1.165, 1.54) is 12.3 Å². The number of hydrogen-bond donors (Lipinski definition) is 3. The van der Waals surface area contributed by atoms with Crippen molar-refractivity contribution < 1.29 is 19.7 Å². The Kier molecular flexibility index (Phi) is 4.20. The smallest absolute Gasteiger partial charge is 0.351 e. The summed E-state index contributed by atoms with van der Waals surface area (Å²) in [5.41, 5.74) is -0.259. The van der Waals surface area contributed by atoms with E-state index in [0.29, 0.717) is 5.56 Å². The van der Waals surface area contributed by atoms with Crippen LogP contribution in [0.4, 0.5) is 5.82 Å². The van der Waals surface area contributed by atoms with Gasteiger partial charge in [-0.25, -0.2) is 4.79 Å². The molecule has 0 aliphatic carbocycles. The number of anilines is 1. The molecule has 8 heteroatoms. The molecule has 120 valence electrons. The highest BCUT2D eigenvalue weighted by Crippen LogP contribution is 2.22. The van der Waals surface area contributed by atoms with Crippen molar-refractivity contribution in [3.63, 3.8) is 0 Å². The number of aliphatic hydroxyl groups is 2. The van der Waals surface area contributed by atoms with Crippen molar-refractivity contribution in [3.8, 4) is 0 Å². The highest BCUT2D eigenvalue weighted by molar-refractivity contribution is 6.03. The molecule has 1 saturated heterocycles. The first kappa shape index (κ1) is 15.3. The molecule has 0 unspecified atom stereocenters. The number of amides is 1. The number of carbonyl (C=O) groups is 1. The summed E-state index contributed by atoms with van der Waals surface area (Å²) in [4.78, 5) is 27.8. The maximum absolute atomic E-state index is 12.0. The number of carbonyl (C=O) groups excluding carboxylic acids is 1. The van der Waals surface area contributed by atoms with E-state index < -0.39 is 24.1 Å². The maximum Gasteiger partial charge on any atom is 0.351 e. The van der Waals surface area contributed by atoms with Crippen LogP contribution >= 0.6 is 0 Å². The van der Waals surface area contributed by atoms with Crippen LogP contribution in [-0.2, 0) is 4.74 Å². The molecule has 3 N–H and O–H groups in total. The molecule has 0 bridgehead atoms. The van der Waals surface area contributed by atoms with E-state index in [9.17, 15) is 19.8 Å². The number of rotatable bonds is 3. The first-order valence-corrected chi connectivity index (χ1v) is 6.99. The minimum atomic E-state index is -1.21.